The Balaban J connectivity index is 1.74. The summed E-state index contributed by atoms with van der Waals surface area (Å²) in [6, 6.07) is 9.37. The highest BCUT2D eigenvalue weighted by Gasteiger charge is 2.25. The van der Waals surface area contributed by atoms with Crippen molar-refractivity contribution in [2.24, 2.45) is 0 Å². The maximum absolute atomic E-state index is 11.5. The van der Waals surface area contributed by atoms with Gasteiger partial charge in [-0.3, -0.25) is 9.69 Å². The number of aliphatic carboxylic acids is 1. The highest BCUT2D eigenvalue weighted by Crippen LogP contribution is 2.20. The molecule has 0 bridgehead atoms. The van der Waals surface area contributed by atoms with E-state index in [0.717, 1.165) is 24.5 Å². The normalized spacial score (nSPS) is 16.6. The quantitative estimate of drug-likeness (QED) is 0.897. The molecule has 0 fully saturated rings. The second-order valence-electron chi connectivity index (χ2n) is 4.98. The van der Waals surface area contributed by atoms with Crippen LogP contribution in [0.1, 0.15) is 17.3 Å². The maximum atomic E-state index is 11.5. The second kappa shape index (κ2) is 5.42. The molecule has 20 heavy (non-hydrogen) atoms. The zero-order valence-corrected chi connectivity index (χ0v) is 11.0. The first-order valence-corrected chi connectivity index (χ1v) is 6.61. The second-order valence-corrected chi connectivity index (χ2v) is 4.98. The summed E-state index contributed by atoms with van der Waals surface area (Å²) in [5.74, 6) is -0.401. The van der Waals surface area contributed by atoms with E-state index in [1.807, 2.05) is 34.9 Å². The van der Waals surface area contributed by atoms with Crippen molar-refractivity contribution in [1.82, 2.24) is 19.7 Å². The lowest BCUT2D eigenvalue weighted by Crippen LogP contribution is -2.38. The lowest BCUT2D eigenvalue weighted by Gasteiger charge is -2.29. The summed E-state index contributed by atoms with van der Waals surface area (Å²) >= 11 is 0. The Bertz CT molecular complexity index is 596. The Labute approximate surface area is 116 Å². The van der Waals surface area contributed by atoms with Gasteiger partial charge in [-0.05, 0) is 5.56 Å². The van der Waals surface area contributed by atoms with Crippen molar-refractivity contribution in [2.75, 3.05) is 13.1 Å². The lowest BCUT2D eigenvalue weighted by atomic mass is 9.98. The average Bonchev–Trinajstić information content (AvgIpc) is 2.93. The first kappa shape index (κ1) is 12.8. The molecule has 0 saturated heterocycles. The summed E-state index contributed by atoms with van der Waals surface area (Å²) in [6.45, 7) is 2.77. The van der Waals surface area contributed by atoms with Gasteiger partial charge in [0.1, 0.15) is 12.2 Å². The highest BCUT2D eigenvalue weighted by atomic mass is 16.4. The Kier molecular flexibility index (Phi) is 3.47. The van der Waals surface area contributed by atoms with Gasteiger partial charge in [-0.15, -0.1) is 10.2 Å². The van der Waals surface area contributed by atoms with Crippen molar-refractivity contribution in [2.45, 2.75) is 19.0 Å². The SMILES string of the molecule is O=C(O)C(CN1CCn2cnnc2C1)c1ccccc1. The summed E-state index contributed by atoms with van der Waals surface area (Å²) in [4.78, 5) is 13.6. The summed E-state index contributed by atoms with van der Waals surface area (Å²) in [7, 11) is 0. The number of carboxylic acids is 1. The van der Waals surface area contributed by atoms with Gasteiger partial charge in [0.25, 0.3) is 0 Å². The zero-order chi connectivity index (χ0) is 13.9. The molecule has 1 atom stereocenters. The number of fused-ring (bicyclic) bond motifs is 1. The van der Waals surface area contributed by atoms with Crippen LogP contribution in [0.2, 0.25) is 0 Å². The summed E-state index contributed by atoms with van der Waals surface area (Å²) in [5.41, 5.74) is 0.840. The van der Waals surface area contributed by atoms with Crippen molar-refractivity contribution >= 4 is 5.97 Å². The van der Waals surface area contributed by atoms with Gasteiger partial charge in [-0.1, -0.05) is 30.3 Å². The fourth-order valence-electron chi connectivity index (χ4n) is 2.54. The molecule has 1 aliphatic rings. The molecule has 6 nitrogen and oxygen atoms in total. The van der Waals surface area contributed by atoms with Crippen molar-refractivity contribution < 1.29 is 9.90 Å². The van der Waals surface area contributed by atoms with Crippen LogP contribution in [0.4, 0.5) is 0 Å². The lowest BCUT2D eigenvalue weighted by molar-refractivity contribution is -0.139. The van der Waals surface area contributed by atoms with E-state index in [-0.39, 0.29) is 0 Å². The third-order valence-electron chi connectivity index (χ3n) is 3.66. The molecule has 0 radical (unpaired) electrons. The smallest absolute Gasteiger partial charge is 0.312 e. The van der Waals surface area contributed by atoms with E-state index in [2.05, 4.69) is 15.1 Å². The van der Waals surface area contributed by atoms with Crippen molar-refractivity contribution in [3.8, 4) is 0 Å². The minimum atomic E-state index is -0.789. The van der Waals surface area contributed by atoms with Crippen LogP contribution >= 0.6 is 0 Å². The van der Waals surface area contributed by atoms with Crippen LogP contribution in [0.3, 0.4) is 0 Å². The molecule has 1 aliphatic heterocycles. The van der Waals surface area contributed by atoms with Crippen molar-refractivity contribution in [3.05, 3.63) is 48.0 Å². The molecule has 0 saturated carbocycles. The molecule has 1 N–H and O–H groups in total. The van der Waals surface area contributed by atoms with Gasteiger partial charge in [-0.2, -0.15) is 0 Å². The van der Waals surface area contributed by atoms with Gasteiger partial charge >= 0.3 is 5.97 Å². The first-order valence-electron chi connectivity index (χ1n) is 6.61. The Hall–Kier alpha value is -2.21. The fraction of sp³-hybridized carbons (Fsp3) is 0.357. The third kappa shape index (κ3) is 2.55. The summed E-state index contributed by atoms with van der Waals surface area (Å²) < 4.78 is 2.01. The Morgan fingerprint density at radius 2 is 2.10 bits per heavy atom. The number of benzene rings is 1. The summed E-state index contributed by atoms with van der Waals surface area (Å²) in [6.07, 6.45) is 1.72. The fourth-order valence-corrected chi connectivity index (χ4v) is 2.54. The first-order chi connectivity index (χ1) is 9.74. The number of nitrogens with zero attached hydrogens (tertiary/aromatic N) is 4. The minimum absolute atomic E-state index is 0.492. The topological polar surface area (TPSA) is 71.2 Å². The van der Waals surface area contributed by atoms with E-state index in [1.165, 1.54) is 0 Å². The van der Waals surface area contributed by atoms with Crippen LogP contribution in [-0.2, 0) is 17.9 Å². The Morgan fingerprint density at radius 3 is 2.85 bits per heavy atom. The van der Waals surface area contributed by atoms with E-state index in [1.54, 1.807) is 6.33 Å². The van der Waals surface area contributed by atoms with Gasteiger partial charge < -0.3 is 9.67 Å². The molecule has 0 spiro atoms. The molecule has 3 rings (SSSR count). The molecule has 1 unspecified atom stereocenters. The van der Waals surface area contributed by atoms with E-state index >= 15 is 0 Å². The predicted molar refractivity (Wildman–Crippen MR) is 72.1 cm³/mol. The van der Waals surface area contributed by atoms with Crippen LogP contribution in [0, 0.1) is 0 Å². The maximum Gasteiger partial charge on any atom is 0.312 e. The largest absolute Gasteiger partial charge is 0.481 e. The van der Waals surface area contributed by atoms with Crippen LogP contribution in [0.25, 0.3) is 0 Å². The Morgan fingerprint density at radius 1 is 1.30 bits per heavy atom. The molecule has 0 aliphatic carbocycles. The van der Waals surface area contributed by atoms with Gasteiger partial charge in [-0.25, -0.2) is 0 Å². The van der Waals surface area contributed by atoms with Crippen LogP contribution in [-0.4, -0.2) is 43.8 Å². The van der Waals surface area contributed by atoms with E-state index in [4.69, 9.17) is 0 Å². The molecule has 1 aromatic heterocycles. The zero-order valence-electron chi connectivity index (χ0n) is 11.0. The third-order valence-corrected chi connectivity index (χ3v) is 3.66. The highest BCUT2D eigenvalue weighted by molar-refractivity contribution is 5.76. The van der Waals surface area contributed by atoms with Crippen LogP contribution in [0.5, 0.6) is 0 Å². The number of carbonyl (C=O) groups is 1. The molecule has 2 aromatic rings. The van der Waals surface area contributed by atoms with E-state index in [9.17, 15) is 9.90 Å². The van der Waals surface area contributed by atoms with E-state index < -0.39 is 11.9 Å². The molecule has 104 valence electrons. The monoisotopic (exact) mass is 272 g/mol. The van der Waals surface area contributed by atoms with Crippen molar-refractivity contribution in [1.29, 1.82) is 0 Å². The number of hydrogen-bond acceptors (Lipinski definition) is 4. The van der Waals surface area contributed by atoms with Crippen molar-refractivity contribution in [3.63, 3.8) is 0 Å². The molecular formula is C14H16N4O2. The minimum Gasteiger partial charge on any atom is -0.481 e. The number of aromatic nitrogens is 3. The molecule has 0 amide bonds. The van der Waals surface area contributed by atoms with Gasteiger partial charge in [0, 0.05) is 19.6 Å². The summed E-state index contributed by atoms with van der Waals surface area (Å²) in [5, 5.41) is 17.4. The average molecular weight is 272 g/mol. The van der Waals surface area contributed by atoms with Gasteiger partial charge in [0.05, 0.1) is 12.5 Å². The standard InChI is InChI=1S/C14H16N4O2/c19-14(20)12(11-4-2-1-3-5-11)8-17-6-7-18-10-15-16-13(18)9-17/h1-5,10,12H,6-9H2,(H,19,20). The molecule has 6 heteroatoms. The van der Waals surface area contributed by atoms with Crippen LogP contribution in [0.15, 0.2) is 36.7 Å². The molecular weight excluding hydrogens is 256 g/mol. The van der Waals surface area contributed by atoms with E-state index in [0.29, 0.717) is 13.1 Å². The number of carboxylic acid groups (broad SMARTS) is 1. The number of rotatable bonds is 4. The van der Waals surface area contributed by atoms with Gasteiger partial charge in [0.15, 0.2) is 0 Å². The van der Waals surface area contributed by atoms with Gasteiger partial charge in [0.2, 0.25) is 0 Å². The van der Waals surface area contributed by atoms with Crippen LogP contribution < -0.4 is 0 Å². The predicted octanol–water partition coefficient (Wildman–Crippen LogP) is 0.962. The number of hydrogen-bond donors (Lipinski definition) is 1. The molecule has 1 aromatic carbocycles. The molecule has 2 heterocycles.